The van der Waals surface area contributed by atoms with Crippen LogP contribution in [0.1, 0.15) is 10.4 Å². The Labute approximate surface area is 166 Å². The van der Waals surface area contributed by atoms with Crippen LogP contribution in [0, 0.1) is 5.82 Å². The number of anilines is 1. The molecule has 0 saturated carbocycles. The maximum absolute atomic E-state index is 14.1. The number of carbonyl (C=O) groups excluding carboxylic acids is 1. The van der Waals surface area contributed by atoms with Gasteiger partial charge in [-0.15, -0.1) is 12.4 Å². The van der Waals surface area contributed by atoms with Gasteiger partial charge in [-0.2, -0.15) is 0 Å². The maximum atomic E-state index is 14.1. The fourth-order valence-electron chi connectivity index (χ4n) is 2.37. The molecule has 0 spiro atoms. The van der Waals surface area contributed by atoms with Crippen molar-refractivity contribution in [1.29, 1.82) is 0 Å². The normalized spacial score (nSPS) is 10.8. The highest BCUT2D eigenvalue weighted by molar-refractivity contribution is 7.22. The summed E-state index contributed by atoms with van der Waals surface area (Å²) in [5.74, 6) is -0.934. The number of hydrogen-bond donors (Lipinski definition) is 0. The molecule has 0 saturated heterocycles. The summed E-state index contributed by atoms with van der Waals surface area (Å²) in [7, 11) is 3.84. The molecular weight excluding hydrogens is 396 g/mol. The molecule has 0 atom stereocenters. The minimum Gasteiger partial charge on any atom is -0.308 e. The Kier molecular flexibility index (Phi) is 6.94. The lowest BCUT2D eigenvalue weighted by molar-refractivity contribution is 0.0981. The van der Waals surface area contributed by atoms with Crippen LogP contribution >= 0.6 is 35.3 Å². The number of hydrogen-bond acceptors (Lipinski definition) is 4. The smallest absolute Gasteiger partial charge is 0.263 e. The molecule has 0 bridgehead atoms. The number of likely N-dealkylation sites (N-methyl/N-ethyl adjacent to an activating group) is 1. The standard InChI is InChI=1S/C18H17ClFN3OS.ClH/c1-22(2)9-10-23(17(24)13-5-3-4-6-14(13)20)18-21-15-8-7-12(19)11-16(15)25-18;/h3-8,11H,9-10H2,1-2H3;1H. The van der Waals surface area contributed by atoms with Gasteiger partial charge in [-0.1, -0.05) is 35.1 Å². The molecule has 0 radical (unpaired) electrons. The second-order valence-corrected chi connectivity index (χ2v) is 7.29. The molecule has 3 aromatic rings. The molecule has 138 valence electrons. The van der Waals surface area contributed by atoms with E-state index in [1.54, 1.807) is 18.2 Å². The highest BCUT2D eigenvalue weighted by Gasteiger charge is 2.23. The molecule has 1 amide bonds. The van der Waals surface area contributed by atoms with Crippen molar-refractivity contribution in [1.82, 2.24) is 9.88 Å². The fraction of sp³-hybridized carbons (Fsp3) is 0.222. The number of nitrogens with zero attached hydrogens (tertiary/aromatic N) is 3. The number of thiazole rings is 1. The van der Waals surface area contributed by atoms with Crippen molar-refractivity contribution in [2.45, 2.75) is 0 Å². The summed E-state index contributed by atoms with van der Waals surface area (Å²) in [6, 6.07) is 11.4. The Morgan fingerprint density at radius 3 is 2.62 bits per heavy atom. The van der Waals surface area contributed by atoms with E-state index >= 15 is 0 Å². The number of aromatic nitrogens is 1. The Hall–Kier alpha value is -1.73. The van der Waals surface area contributed by atoms with Gasteiger partial charge in [0.2, 0.25) is 0 Å². The van der Waals surface area contributed by atoms with E-state index < -0.39 is 11.7 Å². The largest absolute Gasteiger partial charge is 0.308 e. The minimum atomic E-state index is -0.536. The van der Waals surface area contributed by atoms with Gasteiger partial charge in [0, 0.05) is 18.1 Å². The molecule has 0 aliphatic heterocycles. The van der Waals surface area contributed by atoms with Gasteiger partial charge < -0.3 is 4.90 Å². The van der Waals surface area contributed by atoms with E-state index in [1.165, 1.54) is 28.4 Å². The third-order valence-corrected chi connectivity index (χ3v) is 4.97. The fourth-order valence-corrected chi connectivity index (χ4v) is 3.63. The van der Waals surface area contributed by atoms with Gasteiger partial charge in [-0.05, 0) is 44.4 Å². The first-order valence-electron chi connectivity index (χ1n) is 7.73. The van der Waals surface area contributed by atoms with Crippen molar-refractivity contribution in [3.05, 3.63) is 58.9 Å². The number of amides is 1. The van der Waals surface area contributed by atoms with Crippen molar-refractivity contribution in [2.75, 3.05) is 32.1 Å². The zero-order valence-electron chi connectivity index (χ0n) is 14.3. The molecule has 0 N–H and O–H groups in total. The van der Waals surface area contributed by atoms with Gasteiger partial charge in [0.1, 0.15) is 5.82 Å². The summed E-state index contributed by atoms with van der Waals surface area (Å²) >= 11 is 7.40. The summed E-state index contributed by atoms with van der Waals surface area (Å²) < 4.78 is 15.0. The lowest BCUT2D eigenvalue weighted by Crippen LogP contribution is -2.37. The number of fused-ring (bicyclic) bond motifs is 1. The Morgan fingerprint density at radius 2 is 1.92 bits per heavy atom. The van der Waals surface area contributed by atoms with Crippen LogP contribution in [0.2, 0.25) is 5.02 Å². The van der Waals surface area contributed by atoms with Crippen molar-refractivity contribution in [3.8, 4) is 0 Å². The van der Waals surface area contributed by atoms with Crippen LogP contribution in [0.3, 0.4) is 0 Å². The minimum absolute atomic E-state index is 0. The van der Waals surface area contributed by atoms with Gasteiger partial charge in [-0.3, -0.25) is 9.69 Å². The predicted octanol–water partition coefficient (Wildman–Crippen LogP) is 4.72. The third kappa shape index (κ3) is 4.51. The molecule has 26 heavy (non-hydrogen) atoms. The average molecular weight is 414 g/mol. The molecule has 1 aromatic heterocycles. The van der Waals surface area contributed by atoms with Crippen molar-refractivity contribution < 1.29 is 9.18 Å². The molecular formula is C18H18Cl2FN3OS. The van der Waals surface area contributed by atoms with Gasteiger partial charge in [0.25, 0.3) is 5.91 Å². The van der Waals surface area contributed by atoms with Crippen LogP contribution in [0.15, 0.2) is 42.5 Å². The van der Waals surface area contributed by atoms with E-state index in [0.29, 0.717) is 23.2 Å². The number of rotatable bonds is 5. The Morgan fingerprint density at radius 1 is 1.19 bits per heavy atom. The van der Waals surface area contributed by atoms with Crippen molar-refractivity contribution in [3.63, 3.8) is 0 Å². The molecule has 8 heteroatoms. The first-order chi connectivity index (χ1) is 12.0. The number of carbonyl (C=O) groups is 1. The van der Waals surface area contributed by atoms with Crippen LogP contribution in [0.4, 0.5) is 9.52 Å². The van der Waals surface area contributed by atoms with E-state index in [0.717, 1.165) is 10.2 Å². The highest BCUT2D eigenvalue weighted by Crippen LogP contribution is 2.31. The molecule has 0 unspecified atom stereocenters. The third-order valence-electron chi connectivity index (χ3n) is 3.69. The topological polar surface area (TPSA) is 36.4 Å². The van der Waals surface area contributed by atoms with Crippen LogP contribution in [-0.2, 0) is 0 Å². The van der Waals surface area contributed by atoms with Crippen LogP contribution < -0.4 is 4.90 Å². The summed E-state index contributed by atoms with van der Waals surface area (Å²) in [5, 5.41) is 1.15. The monoisotopic (exact) mass is 413 g/mol. The molecule has 0 fully saturated rings. The van der Waals surface area contributed by atoms with E-state index in [2.05, 4.69) is 4.98 Å². The molecule has 3 rings (SSSR count). The maximum Gasteiger partial charge on any atom is 0.263 e. The van der Waals surface area contributed by atoms with Crippen LogP contribution in [0.5, 0.6) is 0 Å². The van der Waals surface area contributed by atoms with E-state index in [4.69, 9.17) is 11.6 Å². The average Bonchev–Trinajstić information content (AvgIpc) is 2.97. The first kappa shape index (κ1) is 20.6. The molecule has 1 heterocycles. The van der Waals surface area contributed by atoms with E-state index in [-0.39, 0.29) is 18.0 Å². The number of halogens is 3. The van der Waals surface area contributed by atoms with Gasteiger partial charge in [0.15, 0.2) is 5.13 Å². The van der Waals surface area contributed by atoms with Crippen LogP contribution in [-0.4, -0.2) is 43.0 Å². The predicted molar refractivity (Wildman–Crippen MR) is 109 cm³/mol. The first-order valence-corrected chi connectivity index (χ1v) is 8.92. The SMILES string of the molecule is CN(C)CCN(C(=O)c1ccccc1F)c1nc2ccc(Cl)cc2s1.Cl. The molecule has 0 aliphatic carbocycles. The molecule has 2 aromatic carbocycles. The quantitative estimate of drug-likeness (QED) is 0.606. The lowest BCUT2D eigenvalue weighted by atomic mass is 10.2. The highest BCUT2D eigenvalue weighted by atomic mass is 35.5. The van der Waals surface area contributed by atoms with Gasteiger partial charge in [-0.25, -0.2) is 9.37 Å². The van der Waals surface area contributed by atoms with Gasteiger partial charge >= 0.3 is 0 Å². The summed E-state index contributed by atoms with van der Waals surface area (Å²) in [6.07, 6.45) is 0. The molecule has 4 nitrogen and oxygen atoms in total. The second kappa shape index (κ2) is 8.77. The summed E-state index contributed by atoms with van der Waals surface area (Å²) in [4.78, 5) is 21.0. The van der Waals surface area contributed by atoms with Crippen LogP contribution in [0.25, 0.3) is 10.2 Å². The van der Waals surface area contributed by atoms with Crippen molar-refractivity contribution >= 4 is 56.6 Å². The summed E-state index contributed by atoms with van der Waals surface area (Å²) in [6.45, 7) is 1.05. The van der Waals surface area contributed by atoms with Gasteiger partial charge in [0.05, 0.1) is 15.8 Å². The molecule has 0 aliphatic rings. The van der Waals surface area contributed by atoms with E-state index in [1.807, 2.05) is 31.1 Å². The Balaban J connectivity index is 0.00000243. The number of benzene rings is 2. The zero-order chi connectivity index (χ0) is 18.0. The lowest BCUT2D eigenvalue weighted by Gasteiger charge is -2.22. The second-order valence-electron chi connectivity index (χ2n) is 5.85. The van der Waals surface area contributed by atoms with Crippen molar-refractivity contribution in [2.24, 2.45) is 0 Å². The van der Waals surface area contributed by atoms with E-state index in [9.17, 15) is 9.18 Å². The summed E-state index contributed by atoms with van der Waals surface area (Å²) in [5.41, 5.74) is 0.805. The zero-order valence-corrected chi connectivity index (χ0v) is 16.7. The Bertz CT molecular complexity index is 916.